The fraction of sp³-hybridized carbons (Fsp3) is 0.750. The number of rotatable bonds is 6. The van der Waals surface area contributed by atoms with E-state index in [0.29, 0.717) is 11.8 Å². The SMILES string of the molecule is CC(CCO)SC/C=C/CN. The fourth-order valence-electron chi connectivity index (χ4n) is 0.649. The third-order valence-electron chi connectivity index (χ3n) is 1.32. The van der Waals surface area contributed by atoms with Gasteiger partial charge in [0.1, 0.15) is 0 Å². The summed E-state index contributed by atoms with van der Waals surface area (Å²) in [4.78, 5) is 0. The van der Waals surface area contributed by atoms with Crippen LogP contribution in [0.5, 0.6) is 0 Å². The predicted molar refractivity (Wildman–Crippen MR) is 51.8 cm³/mol. The summed E-state index contributed by atoms with van der Waals surface area (Å²) in [5.74, 6) is 0.998. The summed E-state index contributed by atoms with van der Waals surface area (Å²) >= 11 is 1.84. The Morgan fingerprint density at radius 3 is 2.82 bits per heavy atom. The van der Waals surface area contributed by atoms with E-state index >= 15 is 0 Å². The first-order valence-electron chi connectivity index (χ1n) is 3.88. The molecule has 1 atom stereocenters. The van der Waals surface area contributed by atoms with Crippen LogP contribution in [-0.2, 0) is 0 Å². The molecular weight excluding hydrogens is 158 g/mol. The van der Waals surface area contributed by atoms with Crippen molar-refractivity contribution in [3.05, 3.63) is 12.2 Å². The highest BCUT2D eigenvalue weighted by atomic mass is 32.2. The Bertz CT molecular complexity index is 106. The van der Waals surface area contributed by atoms with Gasteiger partial charge >= 0.3 is 0 Å². The molecule has 0 aliphatic rings. The highest BCUT2D eigenvalue weighted by molar-refractivity contribution is 8.00. The smallest absolute Gasteiger partial charge is 0.0441 e. The Balaban J connectivity index is 3.16. The molecule has 0 amide bonds. The molecule has 3 N–H and O–H groups in total. The van der Waals surface area contributed by atoms with Gasteiger partial charge < -0.3 is 10.8 Å². The van der Waals surface area contributed by atoms with Crippen molar-refractivity contribution in [2.75, 3.05) is 18.9 Å². The van der Waals surface area contributed by atoms with E-state index in [1.165, 1.54) is 0 Å². The van der Waals surface area contributed by atoms with Crippen molar-refractivity contribution in [3.8, 4) is 0 Å². The van der Waals surface area contributed by atoms with Crippen molar-refractivity contribution >= 4 is 11.8 Å². The molecule has 0 aliphatic carbocycles. The molecule has 0 aliphatic heterocycles. The molecule has 0 saturated heterocycles. The minimum atomic E-state index is 0.286. The largest absolute Gasteiger partial charge is 0.396 e. The Kier molecular flexibility index (Phi) is 8.12. The number of hydrogen-bond donors (Lipinski definition) is 2. The van der Waals surface area contributed by atoms with Gasteiger partial charge in [-0.3, -0.25) is 0 Å². The zero-order chi connectivity index (χ0) is 8.53. The fourth-order valence-corrected chi connectivity index (χ4v) is 1.50. The number of thioether (sulfide) groups is 1. The molecule has 3 heteroatoms. The van der Waals surface area contributed by atoms with Crippen LogP contribution in [0.3, 0.4) is 0 Å². The van der Waals surface area contributed by atoms with Crippen LogP contribution < -0.4 is 5.73 Å². The molecule has 1 unspecified atom stereocenters. The molecule has 0 bridgehead atoms. The maximum atomic E-state index is 8.59. The van der Waals surface area contributed by atoms with Gasteiger partial charge in [0.2, 0.25) is 0 Å². The summed E-state index contributed by atoms with van der Waals surface area (Å²) in [6.07, 6.45) is 4.90. The molecule has 0 spiro atoms. The lowest BCUT2D eigenvalue weighted by atomic mass is 10.3. The normalized spacial score (nSPS) is 14.1. The lowest BCUT2D eigenvalue weighted by Crippen LogP contribution is -2.00. The van der Waals surface area contributed by atoms with Crippen LogP contribution in [0.4, 0.5) is 0 Å². The van der Waals surface area contributed by atoms with Crippen LogP contribution in [0.25, 0.3) is 0 Å². The van der Waals surface area contributed by atoms with Crippen molar-refractivity contribution in [3.63, 3.8) is 0 Å². The first kappa shape index (κ1) is 11.0. The highest BCUT2D eigenvalue weighted by Gasteiger charge is 1.98. The number of aliphatic hydroxyl groups is 1. The molecular formula is C8H17NOS. The van der Waals surface area contributed by atoms with Crippen molar-refractivity contribution in [2.24, 2.45) is 5.73 Å². The van der Waals surface area contributed by atoms with Crippen LogP contribution in [0.2, 0.25) is 0 Å². The minimum Gasteiger partial charge on any atom is -0.396 e. The average Bonchev–Trinajstić information content (AvgIpc) is 1.99. The van der Waals surface area contributed by atoms with Gasteiger partial charge in [0, 0.05) is 24.2 Å². The molecule has 0 fully saturated rings. The van der Waals surface area contributed by atoms with E-state index in [1.54, 1.807) is 0 Å². The van der Waals surface area contributed by atoms with E-state index < -0.39 is 0 Å². The summed E-state index contributed by atoms with van der Waals surface area (Å²) in [6, 6.07) is 0. The summed E-state index contributed by atoms with van der Waals surface area (Å²) in [5.41, 5.74) is 5.27. The van der Waals surface area contributed by atoms with Crippen LogP contribution in [0.1, 0.15) is 13.3 Å². The Hall–Kier alpha value is 0.01000. The van der Waals surface area contributed by atoms with Crippen molar-refractivity contribution in [2.45, 2.75) is 18.6 Å². The molecule has 11 heavy (non-hydrogen) atoms. The second-order valence-electron chi connectivity index (χ2n) is 2.36. The summed E-state index contributed by atoms with van der Waals surface area (Å²) in [5, 5.41) is 9.13. The lowest BCUT2D eigenvalue weighted by molar-refractivity contribution is 0.289. The number of hydrogen-bond acceptors (Lipinski definition) is 3. The average molecular weight is 175 g/mol. The number of aliphatic hydroxyl groups excluding tert-OH is 1. The predicted octanol–water partition coefficient (Wildman–Crippen LogP) is 1.01. The van der Waals surface area contributed by atoms with E-state index in [9.17, 15) is 0 Å². The standard InChI is InChI=1S/C8H17NOS/c1-8(4-6-10)11-7-3-2-5-9/h2-3,8,10H,4-7,9H2,1H3/b3-2+. The lowest BCUT2D eigenvalue weighted by Gasteiger charge is -2.05. The Labute approximate surface area is 72.9 Å². The summed E-state index contributed by atoms with van der Waals surface area (Å²) in [7, 11) is 0. The van der Waals surface area contributed by atoms with Crippen LogP contribution in [0.15, 0.2) is 12.2 Å². The van der Waals surface area contributed by atoms with Crippen LogP contribution >= 0.6 is 11.8 Å². The molecule has 66 valence electrons. The van der Waals surface area contributed by atoms with Gasteiger partial charge in [-0.2, -0.15) is 11.8 Å². The molecule has 0 aromatic rings. The molecule has 0 radical (unpaired) electrons. The maximum absolute atomic E-state index is 8.59. The van der Waals surface area contributed by atoms with Crippen LogP contribution in [0, 0.1) is 0 Å². The van der Waals surface area contributed by atoms with Crippen molar-refractivity contribution in [1.29, 1.82) is 0 Å². The topological polar surface area (TPSA) is 46.2 Å². The van der Waals surface area contributed by atoms with Gasteiger partial charge in [0.05, 0.1) is 0 Å². The second-order valence-corrected chi connectivity index (χ2v) is 3.83. The van der Waals surface area contributed by atoms with E-state index in [2.05, 4.69) is 13.0 Å². The van der Waals surface area contributed by atoms with E-state index in [-0.39, 0.29) is 6.61 Å². The van der Waals surface area contributed by atoms with Crippen molar-refractivity contribution < 1.29 is 5.11 Å². The summed E-state index contributed by atoms with van der Waals surface area (Å²) in [6.45, 7) is 3.03. The molecule has 0 aromatic carbocycles. The van der Waals surface area contributed by atoms with E-state index in [0.717, 1.165) is 12.2 Å². The third kappa shape index (κ3) is 7.91. The highest BCUT2D eigenvalue weighted by Crippen LogP contribution is 2.12. The third-order valence-corrected chi connectivity index (χ3v) is 2.50. The molecule has 0 rings (SSSR count). The second kappa shape index (κ2) is 8.11. The number of nitrogens with two attached hydrogens (primary N) is 1. The zero-order valence-corrected chi connectivity index (χ0v) is 7.81. The Morgan fingerprint density at radius 2 is 2.27 bits per heavy atom. The molecule has 2 nitrogen and oxygen atoms in total. The monoisotopic (exact) mass is 175 g/mol. The molecule has 0 aromatic heterocycles. The van der Waals surface area contributed by atoms with Gasteiger partial charge in [-0.15, -0.1) is 0 Å². The van der Waals surface area contributed by atoms with Crippen molar-refractivity contribution in [1.82, 2.24) is 0 Å². The summed E-state index contributed by atoms with van der Waals surface area (Å²) < 4.78 is 0. The van der Waals surface area contributed by atoms with Gasteiger partial charge in [-0.05, 0) is 6.42 Å². The van der Waals surface area contributed by atoms with Gasteiger partial charge in [-0.25, -0.2) is 0 Å². The van der Waals surface area contributed by atoms with Crippen LogP contribution in [-0.4, -0.2) is 29.3 Å². The first-order chi connectivity index (χ1) is 5.31. The Morgan fingerprint density at radius 1 is 1.55 bits per heavy atom. The van der Waals surface area contributed by atoms with Gasteiger partial charge in [-0.1, -0.05) is 19.1 Å². The quantitative estimate of drug-likeness (QED) is 0.592. The molecule has 0 heterocycles. The zero-order valence-electron chi connectivity index (χ0n) is 6.99. The first-order valence-corrected chi connectivity index (χ1v) is 4.93. The van der Waals surface area contributed by atoms with Gasteiger partial charge in [0.25, 0.3) is 0 Å². The van der Waals surface area contributed by atoms with Gasteiger partial charge in [0.15, 0.2) is 0 Å². The minimum absolute atomic E-state index is 0.286. The maximum Gasteiger partial charge on any atom is 0.0441 e. The van der Waals surface area contributed by atoms with E-state index in [4.69, 9.17) is 10.8 Å². The van der Waals surface area contributed by atoms with E-state index in [1.807, 2.05) is 17.8 Å². The molecule has 0 saturated carbocycles.